The number of amides is 1. The van der Waals surface area contributed by atoms with Gasteiger partial charge in [-0.25, -0.2) is 4.79 Å². The Balaban J connectivity index is 1.49. The number of non-ortho nitro benzene ring substituents is 1. The summed E-state index contributed by atoms with van der Waals surface area (Å²) < 4.78 is 4.95. The van der Waals surface area contributed by atoms with Crippen LogP contribution in [0.1, 0.15) is 24.1 Å². The molecule has 30 heavy (non-hydrogen) atoms. The predicted molar refractivity (Wildman–Crippen MR) is 114 cm³/mol. The van der Waals surface area contributed by atoms with Crippen LogP contribution in [-0.4, -0.2) is 23.4 Å². The summed E-state index contributed by atoms with van der Waals surface area (Å²) in [6.45, 7) is 1.46. The molecular weight excluding hydrogens is 384 g/mol. The fourth-order valence-corrected chi connectivity index (χ4v) is 2.90. The summed E-state index contributed by atoms with van der Waals surface area (Å²) in [5.41, 5.74) is 1.52. The van der Waals surface area contributed by atoms with E-state index in [9.17, 15) is 19.7 Å². The van der Waals surface area contributed by atoms with Gasteiger partial charge in [0.2, 0.25) is 0 Å². The van der Waals surface area contributed by atoms with Crippen molar-refractivity contribution in [1.29, 1.82) is 0 Å². The van der Waals surface area contributed by atoms with Gasteiger partial charge in [0.25, 0.3) is 11.6 Å². The van der Waals surface area contributed by atoms with Crippen molar-refractivity contribution in [2.45, 2.75) is 13.0 Å². The van der Waals surface area contributed by atoms with Crippen molar-refractivity contribution in [3.05, 3.63) is 94.0 Å². The zero-order valence-electron chi connectivity index (χ0n) is 16.3. The molecule has 0 aliphatic rings. The smallest absolute Gasteiger partial charge is 0.331 e. The van der Waals surface area contributed by atoms with Gasteiger partial charge in [0.15, 0.2) is 6.61 Å². The van der Waals surface area contributed by atoms with E-state index in [-0.39, 0.29) is 11.7 Å². The van der Waals surface area contributed by atoms with Crippen molar-refractivity contribution in [3.63, 3.8) is 0 Å². The van der Waals surface area contributed by atoms with E-state index < -0.39 is 23.4 Å². The highest BCUT2D eigenvalue weighted by Gasteiger charge is 2.11. The van der Waals surface area contributed by atoms with Gasteiger partial charge >= 0.3 is 5.97 Å². The molecule has 0 heterocycles. The second-order valence-electron chi connectivity index (χ2n) is 6.69. The standard InChI is InChI=1S/C23H20N2O5/c1-16(19-10-9-18-4-2-3-5-20(18)14-19)24-22(26)15-30-23(27)13-8-17-6-11-21(12-7-17)25(28)29/h2-14,16H,15H2,1H3,(H,24,26)/b13-8+/t16-/m1/s1. The minimum atomic E-state index is -0.679. The number of nitro benzene ring substituents is 1. The first kappa shape index (κ1) is 20.7. The predicted octanol–water partition coefficient (Wildman–Crippen LogP) is 4.18. The summed E-state index contributed by atoms with van der Waals surface area (Å²) in [5, 5.41) is 15.6. The fraction of sp³-hybridized carbons (Fsp3) is 0.130. The van der Waals surface area contributed by atoms with Crippen molar-refractivity contribution in [2.24, 2.45) is 0 Å². The van der Waals surface area contributed by atoms with E-state index in [4.69, 9.17) is 4.74 Å². The zero-order chi connectivity index (χ0) is 21.5. The number of esters is 1. The molecule has 7 heteroatoms. The van der Waals surface area contributed by atoms with Crippen molar-refractivity contribution in [2.75, 3.05) is 6.61 Å². The Morgan fingerprint density at radius 3 is 2.47 bits per heavy atom. The highest BCUT2D eigenvalue weighted by Crippen LogP contribution is 2.20. The van der Waals surface area contributed by atoms with Crippen molar-refractivity contribution < 1.29 is 19.2 Å². The SMILES string of the molecule is C[C@@H](NC(=O)COC(=O)/C=C/c1ccc([N+](=O)[O-])cc1)c1ccc2ccccc2c1. The number of hydrogen-bond donors (Lipinski definition) is 1. The molecule has 7 nitrogen and oxygen atoms in total. The minimum absolute atomic E-state index is 0.0352. The van der Waals surface area contributed by atoms with Crippen molar-refractivity contribution in [1.82, 2.24) is 5.32 Å². The Kier molecular flexibility index (Phi) is 6.54. The number of carbonyl (C=O) groups excluding carboxylic acids is 2. The van der Waals surface area contributed by atoms with Crippen molar-refractivity contribution in [3.8, 4) is 0 Å². The number of benzene rings is 3. The van der Waals surface area contributed by atoms with Gasteiger partial charge in [0.05, 0.1) is 11.0 Å². The molecule has 0 saturated heterocycles. The Morgan fingerprint density at radius 2 is 1.77 bits per heavy atom. The number of nitro groups is 1. The number of hydrogen-bond acceptors (Lipinski definition) is 5. The molecule has 1 atom stereocenters. The average molecular weight is 404 g/mol. The molecular formula is C23H20N2O5. The molecule has 3 aromatic rings. The monoisotopic (exact) mass is 404 g/mol. The molecule has 0 aromatic heterocycles. The molecule has 1 N–H and O–H groups in total. The number of fused-ring (bicyclic) bond motifs is 1. The van der Waals surface area contributed by atoms with Crippen LogP contribution in [0.5, 0.6) is 0 Å². The number of carbonyl (C=O) groups is 2. The van der Waals surface area contributed by atoms with E-state index >= 15 is 0 Å². The summed E-state index contributed by atoms with van der Waals surface area (Å²) in [7, 11) is 0. The Hall–Kier alpha value is -4.00. The maximum Gasteiger partial charge on any atom is 0.331 e. The zero-order valence-corrected chi connectivity index (χ0v) is 16.3. The summed E-state index contributed by atoms with van der Waals surface area (Å²) in [4.78, 5) is 34.0. The van der Waals surface area contributed by atoms with Gasteiger partial charge in [0.1, 0.15) is 0 Å². The second-order valence-corrected chi connectivity index (χ2v) is 6.69. The maximum atomic E-state index is 12.1. The molecule has 0 saturated carbocycles. The van der Waals surface area contributed by atoms with Crippen LogP contribution in [0.3, 0.4) is 0 Å². The topological polar surface area (TPSA) is 98.5 Å². The number of nitrogens with one attached hydrogen (secondary N) is 1. The normalized spacial score (nSPS) is 11.9. The van der Waals surface area contributed by atoms with E-state index in [1.807, 2.05) is 49.4 Å². The molecule has 0 fully saturated rings. The summed E-state index contributed by atoms with van der Waals surface area (Å²) in [5.74, 6) is -1.09. The van der Waals surface area contributed by atoms with Gasteiger partial charge in [-0.05, 0) is 53.1 Å². The quantitative estimate of drug-likeness (QED) is 0.276. The lowest BCUT2D eigenvalue weighted by Gasteiger charge is -2.15. The largest absolute Gasteiger partial charge is 0.452 e. The van der Waals surface area contributed by atoms with E-state index in [1.54, 1.807) is 0 Å². The summed E-state index contributed by atoms with van der Waals surface area (Å²) >= 11 is 0. The molecule has 0 bridgehead atoms. The summed E-state index contributed by atoms with van der Waals surface area (Å²) in [6, 6.07) is 19.4. The van der Waals surface area contributed by atoms with Gasteiger partial charge < -0.3 is 10.1 Å². The van der Waals surface area contributed by atoms with E-state index in [1.165, 1.54) is 36.4 Å². The maximum absolute atomic E-state index is 12.1. The van der Waals surface area contributed by atoms with Gasteiger partial charge in [-0.1, -0.05) is 36.4 Å². The van der Waals surface area contributed by atoms with Crippen LogP contribution in [0.4, 0.5) is 5.69 Å². The number of rotatable bonds is 7. The van der Waals surface area contributed by atoms with E-state index in [0.29, 0.717) is 5.56 Å². The third kappa shape index (κ3) is 5.51. The highest BCUT2D eigenvalue weighted by atomic mass is 16.6. The summed E-state index contributed by atoms with van der Waals surface area (Å²) in [6.07, 6.45) is 2.63. The first-order valence-electron chi connectivity index (χ1n) is 9.30. The van der Waals surface area contributed by atoms with Gasteiger partial charge in [-0.3, -0.25) is 14.9 Å². The second kappa shape index (κ2) is 9.47. The number of ether oxygens (including phenoxy) is 1. The highest BCUT2D eigenvalue weighted by molar-refractivity contribution is 5.89. The number of nitrogens with zero attached hydrogens (tertiary/aromatic N) is 1. The molecule has 0 aliphatic carbocycles. The molecule has 3 aromatic carbocycles. The van der Waals surface area contributed by atoms with Crippen LogP contribution < -0.4 is 5.32 Å². The van der Waals surface area contributed by atoms with Crippen LogP contribution in [0, 0.1) is 10.1 Å². The van der Waals surface area contributed by atoms with Gasteiger partial charge in [0, 0.05) is 18.2 Å². The van der Waals surface area contributed by atoms with E-state index in [0.717, 1.165) is 16.3 Å². The first-order valence-corrected chi connectivity index (χ1v) is 9.30. The molecule has 152 valence electrons. The Morgan fingerprint density at radius 1 is 1.07 bits per heavy atom. The first-order chi connectivity index (χ1) is 14.4. The minimum Gasteiger partial charge on any atom is -0.452 e. The van der Waals surface area contributed by atoms with Crippen LogP contribution >= 0.6 is 0 Å². The van der Waals surface area contributed by atoms with Crippen LogP contribution in [-0.2, 0) is 14.3 Å². The molecule has 0 unspecified atom stereocenters. The lowest BCUT2D eigenvalue weighted by molar-refractivity contribution is -0.384. The average Bonchev–Trinajstić information content (AvgIpc) is 2.76. The van der Waals surface area contributed by atoms with Crippen LogP contribution in [0.25, 0.3) is 16.8 Å². The molecule has 3 rings (SSSR count). The Labute approximate surface area is 173 Å². The molecule has 0 spiro atoms. The molecule has 1 amide bonds. The third-order valence-corrected chi connectivity index (χ3v) is 4.51. The molecule has 0 aliphatic heterocycles. The van der Waals surface area contributed by atoms with Gasteiger partial charge in [-0.2, -0.15) is 0 Å². The third-order valence-electron chi connectivity index (χ3n) is 4.51. The van der Waals surface area contributed by atoms with Crippen molar-refractivity contribution >= 4 is 34.4 Å². The fourth-order valence-electron chi connectivity index (χ4n) is 2.90. The van der Waals surface area contributed by atoms with E-state index in [2.05, 4.69) is 5.32 Å². The van der Waals surface area contributed by atoms with Crippen LogP contribution in [0.2, 0.25) is 0 Å². The lowest BCUT2D eigenvalue weighted by Crippen LogP contribution is -2.30. The van der Waals surface area contributed by atoms with Crippen LogP contribution in [0.15, 0.2) is 72.8 Å². The lowest BCUT2D eigenvalue weighted by atomic mass is 10.0. The Bertz CT molecular complexity index is 1110. The van der Waals surface area contributed by atoms with Gasteiger partial charge in [-0.15, -0.1) is 0 Å². The molecule has 0 radical (unpaired) electrons.